The standard InChI is InChI=1S/C9H16O3S/c10-9(11)6-7-13(12)8-4-2-1-3-5-8/h8H,1-7H2,(H,10,11). The van der Waals surface area contributed by atoms with E-state index in [4.69, 9.17) is 5.11 Å². The normalized spacial score (nSPS) is 21.2. The van der Waals surface area contributed by atoms with Crippen LogP contribution in [0, 0.1) is 0 Å². The zero-order valence-corrected chi connectivity index (χ0v) is 8.52. The van der Waals surface area contributed by atoms with Gasteiger partial charge in [0.25, 0.3) is 0 Å². The molecule has 0 amide bonds. The lowest BCUT2D eigenvalue weighted by atomic mass is 10.0. The fourth-order valence-corrected chi connectivity index (χ4v) is 3.25. The van der Waals surface area contributed by atoms with Crippen LogP contribution in [0.2, 0.25) is 0 Å². The molecule has 76 valence electrons. The molecule has 1 aliphatic carbocycles. The van der Waals surface area contributed by atoms with E-state index in [1.165, 1.54) is 6.42 Å². The van der Waals surface area contributed by atoms with Gasteiger partial charge in [-0.05, 0) is 12.8 Å². The smallest absolute Gasteiger partial charge is 0.304 e. The van der Waals surface area contributed by atoms with Crippen molar-refractivity contribution in [2.24, 2.45) is 0 Å². The zero-order valence-electron chi connectivity index (χ0n) is 7.70. The highest BCUT2D eigenvalue weighted by atomic mass is 32.2. The summed E-state index contributed by atoms with van der Waals surface area (Å²) >= 11 is 0. The van der Waals surface area contributed by atoms with Crippen LogP contribution in [0.25, 0.3) is 0 Å². The largest absolute Gasteiger partial charge is 0.481 e. The first-order valence-corrected chi connectivity index (χ1v) is 6.17. The van der Waals surface area contributed by atoms with Gasteiger partial charge in [-0.25, -0.2) is 0 Å². The second kappa shape index (κ2) is 5.37. The van der Waals surface area contributed by atoms with E-state index in [0.717, 1.165) is 25.7 Å². The third kappa shape index (κ3) is 3.89. The van der Waals surface area contributed by atoms with E-state index in [0.29, 0.717) is 5.75 Å². The fourth-order valence-electron chi connectivity index (χ4n) is 1.68. The van der Waals surface area contributed by atoms with E-state index >= 15 is 0 Å². The molecule has 1 rings (SSSR count). The van der Waals surface area contributed by atoms with E-state index in [1.54, 1.807) is 0 Å². The first kappa shape index (κ1) is 10.7. The van der Waals surface area contributed by atoms with Gasteiger partial charge in [-0.15, -0.1) is 0 Å². The lowest BCUT2D eigenvalue weighted by Crippen LogP contribution is -2.21. The SMILES string of the molecule is O=C(O)CCS(=O)C1CCCCC1. The molecular weight excluding hydrogens is 188 g/mol. The Labute approximate surface area is 81.0 Å². The Morgan fingerprint density at radius 2 is 1.92 bits per heavy atom. The molecule has 1 fully saturated rings. The van der Waals surface area contributed by atoms with Crippen LogP contribution < -0.4 is 0 Å². The number of hydrogen-bond acceptors (Lipinski definition) is 2. The lowest BCUT2D eigenvalue weighted by molar-refractivity contribution is -0.136. The fraction of sp³-hybridized carbons (Fsp3) is 0.889. The minimum Gasteiger partial charge on any atom is -0.481 e. The maximum atomic E-state index is 11.6. The Morgan fingerprint density at radius 3 is 2.46 bits per heavy atom. The van der Waals surface area contributed by atoms with Gasteiger partial charge in [-0.1, -0.05) is 19.3 Å². The Morgan fingerprint density at radius 1 is 1.31 bits per heavy atom. The van der Waals surface area contributed by atoms with Crippen molar-refractivity contribution in [2.75, 3.05) is 5.75 Å². The molecule has 4 heteroatoms. The third-order valence-corrected chi connectivity index (χ3v) is 4.26. The predicted molar refractivity (Wildman–Crippen MR) is 52.1 cm³/mol. The summed E-state index contributed by atoms with van der Waals surface area (Å²) in [6.45, 7) is 0. The van der Waals surface area contributed by atoms with Crippen molar-refractivity contribution in [2.45, 2.75) is 43.8 Å². The van der Waals surface area contributed by atoms with E-state index in [2.05, 4.69) is 0 Å². The van der Waals surface area contributed by atoms with Crippen molar-refractivity contribution >= 4 is 16.8 Å². The van der Waals surface area contributed by atoms with Crippen molar-refractivity contribution in [1.29, 1.82) is 0 Å². The van der Waals surface area contributed by atoms with Gasteiger partial charge in [-0.2, -0.15) is 0 Å². The number of rotatable bonds is 4. The number of carboxylic acids is 1. The summed E-state index contributed by atoms with van der Waals surface area (Å²) in [4.78, 5) is 10.3. The molecule has 1 N–H and O–H groups in total. The van der Waals surface area contributed by atoms with Gasteiger partial charge >= 0.3 is 5.97 Å². The van der Waals surface area contributed by atoms with Gasteiger partial charge in [0.1, 0.15) is 0 Å². The Kier molecular flexibility index (Phi) is 4.42. The topological polar surface area (TPSA) is 54.4 Å². The van der Waals surface area contributed by atoms with Gasteiger partial charge in [0.05, 0.1) is 6.42 Å². The summed E-state index contributed by atoms with van der Waals surface area (Å²) in [6, 6.07) is 0. The molecule has 13 heavy (non-hydrogen) atoms. The first-order chi connectivity index (χ1) is 6.20. The van der Waals surface area contributed by atoms with E-state index in [1.807, 2.05) is 0 Å². The maximum absolute atomic E-state index is 11.6. The van der Waals surface area contributed by atoms with Crippen LogP contribution in [-0.2, 0) is 15.6 Å². The molecule has 1 unspecified atom stereocenters. The zero-order chi connectivity index (χ0) is 9.68. The quantitative estimate of drug-likeness (QED) is 0.755. The number of hydrogen-bond donors (Lipinski definition) is 1. The van der Waals surface area contributed by atoms with Crippen molar-refractivity contribution in [3.8, 4) is 0 Å². The molecule has 1 saturated carbocycles. The van der Waals surface area contributed by atoms with Crippen LogP contribution in [0.4, 0.5) is 0 Å². The minimum absolute atomic E-state index is 0.0448. The molecule has 0 spiro atoms. The van der Waals surface area contributed by atoms with E-state index in [-0.39, 0.29) is 11.7 Å². The minimum atomic E-state index is -0.908. The van der Waals surface area contributed by atoms with Gasteiger partial charge < -0.3 is 5.11 Å². The van der Waals surface area contributed by atoms with Crippen molar-refractivity contribution in [1.82, 2.24) is 0 Å². The Bertz CT molecular complexity index is 197. The maximum Gasteiger partial charge on any atom is 0.304 e. The average Bonchev–Trinajstić information content (AvgIpc) is 2.15. The molecule has 0 saturated heterocycles. The van der Waals surface area contributed by atoms with Crippen LogP contribution >= 0.6 is 0 Å². The molecular formula is C9H16O3S. The molecule has 0 aliphatic heterocycles. The van der Waals surface area contributed by atoms with Gasteiger partial charge in [0.15, 0.2) is 0 Å². The molecule has 0 bridgehead atoms. The molecule has 1 atom stereocenters. The van der Waals surface area contributed by atoms with Gasteiger partial charge in [-0.3, -0.25) is 9.00 Å². The highest BCUT2D eigenvalue weighted by molar-refractivity contribution is 7.85. The van der Waals surface area contributed by atoms with Gasteiger partial charge in [0, 0.05) is 21.8 Å². The molecule has 0 aromatic rings. The summed E-state index contributed by atoms with van der Waals surface area (Å²) in [5.41, 5.74) is 0. The Balaban J connectivity index is 2.25. The van der Waals surface area contributed by atoms with Gasteiger partial charge in [0.2, 0.25) is 0 Å². The number of aliphatic carboxylic acids is 1. The highest BCUT2D eigenvalue weighted by Crippen LogP contribution is 2.22. The predicted octanol–water partition coefficient (Wildman–Crippen LogP) is 1.54. The first-order valence-electron chi connectivity index (χ1n) is 4.79. The van der Waals surface area contributed by atoms with Crippen LogP contribution in [-0.4, -0.2) is 26.3 Å². The summed E-state index contributed by atoms with van der Waals surface area (Å²) < 4.78 is 11.6. The second-order valence-corrected chi connectivity index (χ2v) is 5.33. The average molecular weight is 204 g/mol. The second-order valence-electron chi connectivity index (χ2n) is 3.49. The number of carbonyl (C=O) groups is 1. The summed E-state index contributed by atoms with van der Waals surface area (Å²) in [5.74, 6) is -0.510. The molecule has 0 radical (unpaired) electrons. The number of carboxylic acid groups (broad SMARTS) is 1. The molecule has 0 aromatic carbocycles. The summed E-state index contributed by atoms with van der Waals surface area (Å²) in [6.07, 6.45) is 5.64. The summed E-state index contributed by atoms with van der Waals surface area (Å²) in [7, 11) is -0.908. The molecule has 1 aliphatic rings. The van der Waals surface area contributed by atoms with Crippen molar-refractivity contribution in [3.05, 3.63) is 0 Å². The third-order valence-electron chi connectivity index (χ3n) is 2.44. The van der Waals surface area contributed by atoms with Crippen LogP contribution in [0.5, 0.6) is 0 Å². The molecule has 0 heterocycles. The van der Waals surface area contributed by atoms with Crippen molar-refractivity contribution < 1.29 is 14.1 Å². The highest BCUT2D eigenvalue weighted by Gasteiger charge is 2.19. The van der Waals surface area contributed by atoms with Crippen LogP contribution in [0.1, 0.15) is 38.5 Å². The van der Waals surface area contributed by atoms with Crippen LogP contribution in [0.3, 0.4) is 0 Å². The monoisotopic (exact) mass is 204 g/mol. The molecule has 0 aromatic heterocycles. The summed E-state index contributed by atoms with van der Waals surface area (Å²) in [5, 5.41) is 8.70. The lowest BCUT2D eigenvalue weighted by Gasteiger charge is -2.20. The van der Waals surface area contributed by atoms with Crippen LogP contribution in [0.15, 0.2) is 0 Å². The van der Waals surface area contributed by atoms with Crippen molar-refractivity contribution in [3.63, 3.8) is 0 Å². The molecule has 3 nitrogen and oxygen atoms in total. The van der Waals surface area contributed by atoms with E-state index in [9.17, 15) is 9.00 Å². The van der Waals surface area contributed by atoms with E-state index < -0.39 is 16.8 Å². The Hall–Kier alpha value is -0.380.